The van der Waals surface area contributed by atoms with Crippen LogP contribution in [0, 0.1) is 6.92 Å². The highest BCUT2D eigenvalue weighted by Crippen LogP contribution is 2.23. The fourth-order valence-corrected chi connectivity index (χ4v) is 2.56. The van der Waals surface area contributed by atoms with Crippen molar-refractivity contribution in [1.82, 2.24) is 4.98 Å². The summed E-state index contributed by atoms with van der Waals surface area (Å²) in [5.74, 6) is -0.00207. The largest absolute Gasteiger partial charge is 0.289 e. The van der Waals surface area contributed by atoms with Crippen molar-refractivity contribution in [1.29, 1.82) is 0 Å². The van der Waals surface area contributed by atoms with Gasteiger partial charge < -0.3 is 0 Å². The molecule has 3 rings (SSSR count). The van der Waals surface area contributed by atoms with Crippen LogP contribution < -0.4 is 0 Å². The van der Waals surface area contributed by atoms with Crippen LogP contribution in [0.1, 0.15) is 21.5 Å². The van der Waals surface area contributed by atoms with E-state index in [4.69, 9.17) is 11.6 Å². The molecule has 0 fully saturated rings. The van der Waals surface area contributed by atoms with Crippen LogP contribution >= 0.6 is 11.6 Å². The number of carbonyl (C=O) groups is 1. The Labute approximate surface area is 122 Å². The van der Waals surface area contributed by atoms with Crippen molar-refractivity contribution in [2.45, 2.75) is 6.92 Å². The lowest BCUT2D eigenvalue weighted by molar-refractivity contribution is 0.103. The zero-order chi connectivity index (χ0) is 14.1. The molecule has 3 heteroatoms. The summed E-state index contributed by atoms with van der Waals surface area (Å²) < 4.78 is 0. The molecule has 3 aromatic rings. The molecule has 0 saturated heterocycles. The molecule has 1 heterocycles. The molecule has 20 heavy (non-hydrogen) atoms. The minimum absolute atomic E-state index is 0.00207. The van der Waals surface area contributed by atoms with Gasteiger partial charge in [0.25, 0.3) is 0 Å². The number of aromatic nitrogens is 1. The number of benzene rings is 2. The van der Waals surface area contributed by atoms with Crippen molar-refractivity contribution >= 4 is 28.2 Å². The zero-order valence-corrected chi connectivity index (χ0v) is 11.7. The molecule has 0 aliphatic heterocycles. The summed E-state index contributed by atoms with van der Waals surface area (Å²) in [5, 5.41) is 2.52. The van der Waals surface area contributed by atoms with Crippen LogP contribution in [0.2, 0.25) is 5.02 Å². The number of hydrogen-bond acceptors (Lipinski definition) is 2. The predicted octanol–water partition coefficient (Wildman–Crippen LogP) is 4.43. The average Bonchev–Trinajstić information content (AvgIpc) is 2.46. The van der Waals surface area contributed by atoms with Crippen molar-refractivity contribution in [3.8, 4) is 0 Å². The number of pyridine rings is 1. The maximum Gasteiger partial charge on any atom is 0.193 e. The van der Waals surface area contributed by atoms with E-state index in [1.807, 2.05) is 31.2 Å². The molecule has 0 bridgehead atoms. The molecule has 0 saturated carbocycles. The van der Waals surface area contributed by atoms with E-state index in [0.29, 0.717) is 16.1 Å². The highest BCUT2D eigenvalue weighted by Gasteiger charge is 2.14. The van der Waals surface area contributed by atoms with E-state index in [2.05, 4.69) is 4.98 Å². The third-order valence-corrected chi connectivity index (χ3v) is 3.60. The summed E-state index contributed by atoms with van der Waals surface area (Å²) in [5.41, 5.74) is 2.22. The van der Waals surface area contributed by atoms with Gasteiger partial charge in [0, 0.05) is 33.9 Å². The molecule has 0 radical (unpaired) electrons. The summed E-state index contributed by atoms with van der Waals surface area (Å²) >= 11 is 5.94. The first-order valence-corrected chi connectivity index (χ1v) is 6.68. The standard InChI is InChI=1S/C17H12ClNO/c1-11-9-13(18)5-6-14(11)17(20)15-4-2-3-12-7-8-19-10-16(12)15/h2-10H,1H3. The second-order valence-electron chi connectivity index (χ2n) is 4.69. The van der Waals surface area contributed by atoms with Crippen LogP contribution in [0.4, 0.5) is 0 Å². The van der Waals surface area contributed by atoms with Gasteiger partial charge in [-0.3, -0.25) is 9.78 Å². The third-order valence-electron chi connectivity index (χ3n) is 3.36. The Morgan fingerprint density at radius 3 is 2.75 bits per heavy atom. The van der Waals surface area contributed by atoms with E-state index in [-0.39, 0.29) is 5.78 Å². The molecular weight excluding hydrogens is 270 g/mol. The summed E-state index contributed by atoms with van der Waals surface area (Å²) in [6.45, 7) is 1.89. The molecule has 0 amide bonds. The van der Waals surface area contributed by atoms with Crippen molar-refractivity contribution in [2.75, 3.05) is 0 Å². The van der Waals surface area contributed by atoms with Crippen molar-refractivity contribution in [3.63, 3.8) is 0 Å². The second-order valence-corrected chi connectivity index (χ2v) is 5.13. The molecule has 2 nitrogen and oxygen atoms in total. The summed E-state index contributed by atoms with van der Waals surface area (Å²) in [6.07, 6.45) is 3.46. The average molecular weight is 282 g/mol. The molecule has 0 atom stereocenters. The highest BCUT2D eigenvalue weighted by atomic mass is 35.5. The SMILES string of the molecule is Cc1cc(Cl)ccc1C(=O)c1cccc2ccncc12. The second kappa shape index (κ2) is 5.06. The Morgan fingerprint density at radius 1 is 1.10 bits per heavy atom. The van der Waals surface area contributed by atoms with Crippen LogP contribution in [0.5, 0.6) is 0 Å². The fourth-order valence-electron chi connectivity index (χ4n) is 2.34. The predicted molar refractivity (Wildman–Crippen MR) is 81.4 cm³/mol. The van der Waals surface area contributed by atoms with Crippen LogP contribution in [0.15, 0.2) is 54.9 Å². The molecule has 0 spiro atoms. The smallest absolute Gasteiger partial charge is 0.193 e. The first-order chi connectivity index (χ1) is 9.66. The first-order valence-electron chi connectivity index (χ1n) is 6.30. The van der Waals surface area contributed by atoms with Gasteiger partial charge in [-0.1, -0.05) is 29.8 Å². The normalized spacial score (nSPS) is 10.7. The van der Waals surface area contributed by atoms with Gasteiger partial charge in [0.05, 0.1) is 0 Å². The van der Waals surface area contributed by atoms with Gasteiger partial charge in [-0.2, -0.15) is 0 Å². The highest BCUT2D eigenvalue weighted by molar-refractivity contribution is 6.31. The number of carbonyl (C=O) groups excluding carboxylic acids is 1. The summed E-state index contributed by atoms with van der Waals surface area (Å²) in [6, 6.07) is 12.9. The van der Waals surface area contributed by atoms with Gasteiger partial charge in [0.15, 0.2) is 5.78 Å². The number of ketones is 1. The molecule has 0 unspecified atom stereocenters. The molecule has 98 valence electrons. The van der Waals surface area contributed by atoms with E-state index < -0.39 is 0 Å². The molecule has 0 N–H and O–H groups in total. The maximum absolute atomic E-state index is 12.7. The molecule has 0 aliphatic rings. The first kappa shape index (κ1) is 12.8. The topological polar surface area (TPSA) is 30.0 Å². The molecule has 1 aromatic heterocycles. The maximum atomic E-state index is 12.7. The van der Waals surface area contributed by atoms with E-state index in [0.717, 1.165) is 16.3 Å². The Hall–Kier alpha value is -2.19. The van der Waals surface area contributed by atoms with Gasteiger partial charge in [-0.05, 0) is 42.1 Å². The summed E-state index contributed by atoms with van der Waals surface area (Å²) in [4.78, 5) is 16.8. The number of hydrogen-bond donors (Lipinski definition) is 0. The minimum atomic E-state index is -0.00207. The number of aryl methyl sites for hydroxylation is 1. The number of fused-ring (bicyclic) bond motifs is 1. The van der Waals surface area contributed by atoms with Crippen molar-refractivity contribution in [3.05, 3.63) is 76.6 Å². The Kier molecular flexibility index (Phi) is 3.25. The van der Waals surface area contributed by atoms with E-state index in [1.165, 1.54) is 0 Å². The number of nitrogens with zero attached hydrogens (tertiary/aromatic N) is 1. The van der Waals surface area contributed by atoms with Gasteiger partial charge in [0.1, 0.15) is 0 Å². The van der Waals surface area contributed by atoms with E-state index in [1.54, 1.807) is 30.6 Å². The van der Waals surface area contributed by atoms with Crippen LogP contribution in [-0.2, 0) is 0 Å². The van der Waals surface area contributed by atoms with Gasteiger partial charge in [-0.15, -0.1) is 0 Å². The molecule has 0 aliphatic carbocycles. The molecular formula is C17H12ClNO. The van der Waals surface area contributed by atoms with Gasteiger partial charge in [0.2, 0.25) is 0 Å². The number of halogens is 1. The lowest BCUT2D eigenvalue weighted by Crippen LogP contribution is -2.04. The van der Waals surface area contributed by atoms with Gasteiger partial charge >= 0.3 is 0 Å². The Morgan fingerprint density at radius 2 is 1.95 bits per heavy atom. The fraction of sp³-hybridized carbons (Fsp3) is 0.0588. The Bertz CT molecular complexity index is 806. The molecule has 2 aromatic carbocycles. The third kappa shape index (κ3) is 2.19. The van der Waals surface area contributed by atoms with Crippen molar-refractivity contribution in [2.24, 2.45) is 0 Å². The number of rotatable bonds is 2. The monoisotopic (exact) mass is 281 g/mol. The minimum Gasteiger partial charge on any atom is -0.289 e. The lowest BCUT2D eigenvalue weighted by atomic mass is 9.96. The summed E-state index contributed by atoms with van der Waals surface area (Å²) in [7, 11) is 0. The van der Waals surface area contributed by atoms with Crippen LogP contribution in [0.25, 0.3) is 10.8 Å². The quantitative estimate of drug-likeness (QED) is 0.651. The van der Waals surface area contributed by atoms with E-state index in [9.17, 15) is 4.79 Å². The van der Waals surface area contributed by atoms with Crippen molar-refractivity contribution < 1.29 is 4.79 Å². The Balaban J connectivity index is 2.18. The zero-order valence-electron chi connectivity index (χ0n) is 10.9. The lowest BCUT2D eigenvalue weighted by Gasteiger charge is -2.08. The van der Waals surface area contributed by atoms with Crippen LogP contribution in [-0.4, -0.2) is 10.8 Å². The van der Waals surface area contributed by atoms with Gasteiger partial charge in [-0.25, -0.2) is 0 Å². The van der Waals surface area contributed by atoms with E-state index >= 15 is 0 Å². The van der Waals surface area contributed by atoms with Crippen LogP contribution in [0.3, 0.4) is 0 Å².